The lowest BCUT2D eigenvalue weighted by Gasteiger charge is -2.10. The molecule has 1 aromatic heterocycles. The van der Waals surface area contributed by atoms with Gasteiger partial charge in [-0.15, -0.1) is 0 Å². The predicted octanol–water partition coefficient (Wildman–Crippen LogP) is 4.64. The summed E-state index contributed by atoms with van der Waals surface area (Å²) in [5.41, 5.74) is 4.23. The number of benzene rings is 2. The summed E-state index contributed by atoms with van der Waals surface area (Å²) < 4.78 is 0. The first-order valence-electron chi connectivity index (χ1n) is 6.53. The van der Waals surface area contributed by atoms with Crippen LogP contribution >= 0.6 is 23.2 Å². The Labute approximate surface area is 130 Å². The highest BCUT2D eigenvalue weighted by atomic mass is 35.5. The number of aromatic nitrogens is 1. The van der Waals surface area contributed by atoms with Crippen molar-refractivity contribution in [2.24, 2.45) is 0 Å². The number of fused-ring (bicyclic) bond motifs is 5. The minimum absolute atomic E-state index is 0.0573. The highest BCUT2D eigenvalue weighted by Crippen LogP contribution is 2.43. The van der Waals surface area contributed by atoms with E-state index in [1.54, 1.807) is 12.1 Å². The van der Waals surface area contributed by atoms with Crippen LogP contribution in [0.4, 0.5) is 5.69 Å². The number of rotatable bonds is 0. The monoisotopic (exact) mass is 316 g/mol. The topological polar surface area (TPSA) is 44.9 Å². The standard InChI is InChI=1S/C16H10Cl2N2O/c17-10-5-6-12-14(15(10)18)16-9(7-13(21)19-12)8-3-1-2-4-11(8)20-16/h1-6,20H,7H2,(H,19,21). The molecule has 0 spiro atoms. The van der Waals surface area contributed by atoms with Crippen molar-refractivity contribution in [2.75, 3.05) is 5.32 Å². The summed E-state index contributed by atoms with van der Waals surface area (Å²) >= 11 is 12.5. The number of hydrogen-bond donors (Lipinski definition) is 2. The van der Waals surface area contributed by atoms with Crippen LogP contribution in [0.25, 0.3) is 22.2 Å². The first-order valence-corrected chi connectivity index (χ1v) is 7.28. The molecule has 0 bridgehead atoms. The van der Waals surface area contributed by atoms with Gasteiger partial charge in [0.15, 0.2) is 0 Å². The molecule has 0 radical (unpaired) electrons. The number of hydrogen-bond acceptors (Lipinski definition) is 1. The molecule has 0 saturated carbocycles. The number of anilines is 1. The van der Waals surface area contributed by atoms with Gasteiger partial charge in [0.05, 0.1) is 27.8 Å². The van der Waals surface area contributed by atoms with Crippen LogP contribution in [0.2, 0.25) is 10.0 Å². The molecule has 3 nitrogen and oxygen atoms in total. The van der Waals surface area contributed by atoms with E-state index in [0.717, 1.165) is 27.7 Å². The van der Waals surface area contributed by atoms with Gasteiger partial charge < -0.3 is 10.3 Å². The Bertz CT molecular complexity index is 899. The minimum atomic E-state index is -0.0573. The Morgan fingerprint density at radius 3 is 2.71 bits per heavy atom. The van der Waals surface area contributed by atoms with E-state index < -0.39 is 0 Å². The smallest absolute Gasteiger partial charge is 0.228 e. The molecule has 2 aromatic carbocycles. The minimum Gasteiger partial charge on any atom is -0.354 e. The van der Waals surface area contributed by atoms with E-state index in [1.807, 2.05) is 24.3 Å². The van der Waals surface area contributed by atoms with E-state index in [1.165, 1.54) is 0 Å². The van der Waals surface area contributed by atoms with Crippen LogP contribution in [0, 0.1) is 0 Å². The maximum absolute atomic E-state index is 12.1. The van der Waals surface area contributed by atoms with E-state index in [-0.39, 0.29) is 5.91 Å². The molecule has 3 aromatic rings. The Hall–Kier alpha value is -1.97. The lowest BCUT2D eigenvalue weighted by molar-refractivity contribution is -0.115. The summed E-state index contributed by atoms with van der Waals surface area (Å²) in [6.07, 6.45) is 0.308. The van der Waals surface area contributed by atoms with Gasteiger partial charge in [-0.3, -0.25) is 4.79 Å². The number of amides is 1. The van der Waals surface area contributed by atoms with Crippen LogP contribution in [-0.2, 0) is 11.2 Å². The molecule has 2 heterocycles. The van der Waals surface area contributed by atoms with Crippen LogP contribution in [-0.4, -0.2) is 10.9 Å². The molecule has 0 aliphatic carbocycles. The molecular formula is C16H10Cl2N2O. The number of carbonyl (C=O) groups excluding carboxylic acids is 1. The van der Waals surface area contributed by atoms with Crippen LogP contribution in [0.15, 0.2) is 36.4 Å². The molecule has 0 fully saturated rings. The third-order valence-corrected chi connectivity index (χ3v) is 4.57. The van der Waals surface area contributed by atoms with Gasteiger partial charge in [-0.05, 0) is 23.8 Å². The van der Waals surface area contributed by atoms with Gasteiger partial charge in [0.1, 0.15) is 0 Å². The number of H-pyrrole nitrogens is 1. The lowest BCUT2D eigenvalue weighted by atomic mass is 10.0. The van der Waals surface area contributed by atoms with Gasteiger partial charge in [0.2, 0.25) is 5.91 Å². The van der Waals surface area contributed by atoms with Crippen molar-refractivity contribution in [1.29, 1.82) is 0 Å². The number of carbonyl (C=O) groups is 1. The lowest BCUT2D eigenvalue weighted by Crippen LogP contribution is -2.12. The van der Waals surface area contributed by atoms with E-state index in [4.69, 9.17) is 23.2 Å². The summed E-state index contributed by atoms with van der Waals surface area (Å²) in [6.45, 7) is 0. The summed E-state index contributed by atoms with van der Waals surface area (Å²) in [6, 6.07) is 11.4. The predicted molar refractivity (Wildman–Crippen MR) is 86.1 cm³/mol. The molecule has 1 amide bonds. The number of aromatic amines is 1. The molecule has 104 valence electrons. The molecule has 0 unspecified atom stereocenters. The fourth-order valence-corrected chi connectivity index (χ4v) is 3.27. The normalized spacial score (nSPS) is 13.5. The van der Waals surface area contributed by atoms with Crippen LogP contribution in [0.5, 0.6) is 0 Å². The van der Waals surface area contributed by atoms with E-state index >= 15 is 0 Å². The van der Waals surface area contributed by atoms with Gasteiger partial charge >= 0.3 is 0 Å². The molecule has 1 aliphatic rings. The van der Waals surface area contributed by atoms with E-state index in [9.17, 15) is 4.79 Å². The van der Waals surface area contributed by atoms with Crippen molar-refractivity contribution in [2.45, 2.75) is 6.42 Å². The first kappa shape index (κ1) is 12.7. The fraction of sp³-hybridized carbons (Fsp3) is 0.0625. The van der Waals surface area contributed by atoms with Gasteiger partial charge in [0, 0.05) is 16.5 Å². The second-order valence-electron chi connectivity index (χ2n) is 5.03. The largest absolute Gasteiger partial charge is 0.354 e. The zero-order chi connectivity index (χ0) is 14.6. The molecule has 0 saturated heterocycles. The van der Waals surface area contributed by atoms with Crippen LogP contribution < -0.4 is 5.32 Å². The number of para-hydroxylation sites is 1. The second-order valence-corrected chi connectivity index (χ2v) is 5.82. The van der Waals surface area contributed by atoms with E-state index in [2.05, 4.69) is 10.3 Å². The van der Waals surface area contributed by atoms with Crippen molar-refractivity contribution < 1.29 is 4.79 Å². The molecule has 21 heavy (non-hydrogen) atoms. The highest BCUT2D eigenvalue weighted by Gasteiger charge is 2.25. The third kappa shape index (κ3) is 1.85. The molecule has 5 heteroatoms. The summed E-state index contributed by atoms with van der Waals surface area (Å²) in [5.74, 6) is -0.0573. The third-order valence-electron chi connectivity index (χ3n) is 3.77. The number of halogens is 2. The Morgan fingerprint density at radius 1 is 1.05 bits per heavy atom. The van der Waals surface area contributed by atoms with Crippen molar-refractivity contribution in [3.8, 4) is 11.3 Å². The van der Waals surface area contributed by atoms with Gasteiger partial charge in [0.25, 0.3) is 0 Å². The quantitative estimate of drug-likeness (QED) is 0.623. The zero-order valence-corrected chi connectivity index (χ0v) is 12.3. The maximum atomic E-state index is 12.1. The number of nitrogens with one attached hydrogen (secondary N) is 2. The highest BCUT2D eigenvalue weighted by molar-refractivity contribution is 6.44. The Morgan fingerprint density at radius 2 is 1.86 bits per heavy atom. The Balaban J connectivity index is 2.15. The first-order chi connectivity index (χ1) is 10.1. The van der Waals surface area contributed by atoms with Crippen molar-refractivity contribution in [3.63, 3.8) is 0 Å². The fourth-order valence-electron chi connectivity index (χ4n) is 2.85. The molecular weight excluding hydrogens is 307 g/mol. The van der Waals surface area contributed by atoms with Gasteiger partial charge in [-0.2, -0.15) is 0 Å². The Kier molecular flexibility index (Phi) is 2.74. The maximum Gasteiger partial charge on any atom is 0.228 e. The summed E-state index contributed by atoms with van der Waals surface area (Å²) in [5, 5.41) is 4.84. The second kappa shape index (κ2) is 4.52. The molecule has 4 rings (SSSR count). The van der Waals surface area contributed by atoms with Crippen LogP contribution in [0.1, 0.15) is 5.56 Å². The van der Waals surface area contributed by atoms with E-state index in [0.29, 0.717) is 22.2 Å². The van der Waals surface area contributed by atoms with Crippen molar-refractivity contribution >= 4 is 45.7 Å². The average molecular weight is 317 g/mol. The van der Waals surface area contributed by atoms with Gasteiger partial charge in [-0.1, -0.05) is 41.4 Å². The summed E-state index contributed by atoms with van der Waals surface area (Å²) in [7, 11) is 0. The summed E-state index contributed by atoms with van der Waals surface area (Å²) in [4.78, 5) is 15.5. The van der Waals surface area contributed by atoms with Gasteiger partial charge in [-0.25, -0.2) is 0 Å². The van der Waals surface area contributed by atoms with Crippen LogP contribution in [0.3, 0.4) is 0 Å². The SMILES string of the molecule is O=C1Cc2c([nH]c3ccccc23)-c2c(ccc(Cl)c2Cl)N1. The molecule has 0 atom stereocenters. The average Bonchev–Trinajstić information content (AvgIpc) is 2.74. The molecule has 2 N–H and O–H groups in total. The molecule has 1 aliphatic heterocycles. The van der Waals surface area contributed by atoms with Crippen molar-refractivity contribution in [1.82, 2.24) is 4.98 Å². The van der Waals surface area contributed by atoms with Crippen molar-refractivity contribution in [3.05, 3.63) is 52.0 Å². The zero-order valence-electron chi connectivity index (χ0n) is 10.8.